The monoisotopic (exact) mass is 385 g/mol. The van der Waals surface area contributed by atoms with E-state index >= 15 is 0 Å². The Kier molecular flexibility index (Phi) is 6.31. The molecule has 0 radical (unpaired) electrons. The SMILES string of the molecule is Cc1s/c(=N\N=C\c2n(C)cc[n+]2CCCCS(=O)(=O)[O-])n(C)c1C. The van der Waals surface area contributed by atoms with E-state index in [4.69, 9.17) is 0 Å². The molecule has 0 bridgehead atoms. The molecule has 0 saturated carbocycles. The highest BCUT2D eigenvalue weighted by Crippen LogP contribution is 2.07. The molecule has 0 atom stereocenters. The van der Waals surface area contributed by atoms with Gasteiger partial charge in [0.1, 0.15) is 18.6 Å². The van der Waals surface area contributed by atoms with Crippen LogP contribution < -0.4 is 9.37 Å². The maximum Gasteiger partial charge on any atom is 0.301 e. The van der Waals surface area contributed by atoms with E-state index in [9.17, 15) is 13.0 Å². The molecule has 8 nitrogen and oxygen atoms in total. The minimum Gasteiger partial charge on any atom is -0.748 e. The van der Waals surface area contributed by atoms with Crippen LogP contribution in [0.25, 0.3) is 0 Å². The zero-order valence-corrected chi connectivity index (χ0v) is 16.5. The van der Waals surface area contributed by atoms with E-state index in [1.54, 1.807) is 17.6 Å². The van der Waals surface area contributed by atoms with Crippen LogP contribution in [0, 0.1) is 13.8 Å². The summed E-state index contributed by atoms with van der Waals surface area (Å²) in [6.45, 7) is 4.71. The van der Waals surface area contributed by atoms with Gasteiger partial charge in [-0.2, -0.15) is 0 Å². The minimum atomic E-state index is -4.14. The van der Waals surface area contributed by atoms with Crippen LogP contribution >= 0.6 is 11.3 Å². The van der Waals surface area contributed by atoms with Crippen LogP contribution in [0.5, 0.6) is 0 Å². The fraction of sp³-hybridized carbons (Fsp3) is 0.533. The molecule has 10 heteroatoms. The van der Waals surface area contributed by atoms with Gasteiger partial charge in [0.25, 0.3) is 0 Å². The lowest BCUT2D eigenvalue weighted by Gasteiger charge is -2.05. The molecular weight excluding hydrogens is 362 g/mol. The minimum absolute atomic E-state index is 0.327. The molecule has 0 unspecified atom stereocenters. The van der Waals surface area contributed by atoms with Crippen LogP contribution in [0.4, 0.5) is 0 Å². The first-order valence-corrected chi connectivity index (χ1v) is 10.3. The van der Waals surface area contributed by atoms with E-state index in [1.807, 2.05) is 47.1 Å². The maximum absolute atomic E-state index is 10.6. The number of unbranched alkanes of at least 4 members (excludes halogenated alkanes) is 1. The first-order chi connectivity index (χ1) is 11.7. The van der Waals surface area contributed by atoms with Gasteiger partial charge in [0.05, 0.1) is 23.7 Å². The standard InChI is InChI=1S/C15H23N5O3S2/c1-12-13(2)24-15(19(12)4)17-16-11-14-18(3)8-9-20(14)7-5-6-10-25(21,22)23/h8-9,11H,5-7,10H2,1-4H3. The summed E-state index contributed by atoms with van der Waals surface area (Å²) in [5.41, 5.74) is 1.17. The van der Waals surface area contributed by atoms with E-state index in [0.29, 0.717) is 19.4 Å². The molecule has 0 aromatic carbocycles. The van der Waals surface area contributed by atoms with Gasteiger partial charge in [-0.05, 0) is 26.7 Å². The van der Waals surface area contributed by atoms with Crippen molar-refractivity contribution in [2.75, 3.05) is 5.75 Å². The Balaban J connectivity index is 2.09. The van der Waals surface area contributed by atoms with Crippen molar-refractivity contribution in [2.24, 2.45) is 24.3 Å². The second-order valence-electron chi connectivity index (χ2n) is 5.86. The smallest absolute Gasteiger partial charge is 0.301 e. The van der Waals surface area contributed by atoms with Crippen LogP contribution in [0.3, 0.4) is 0 Å². The van der Waals surface area contributed by atoms with Gasteiger partial charge in [-0.15, -0.1) is 21.5 Å². The average Bonchev–Trinajstić information content (AvgIpc) is 2.99. The summed E-state index contributed by atoms with van der Waals surface area (Å²) in [6.07, 6.45) is 6.41. The normalized spacial score (nSPS) is 13.2. The first kappa shape index (κ1) is 19.5. The van der Waals surface area contributed by atoms with Crippen LogP contribution in [0.2, 0.25) is 0 Å². The molecular formula is C15H23N5O3S2. The molecule has 0 amide bonds. The van der Waals surface area contributed by atoms with Crippen molar-refractivity contribution in [3.63, 3.8) is 0 Å². The lowest BCUT2D eigenvalue weighted by Crippen LogP contribution is -2.37. The molecule has 2 rings (SSSR count). The second kappa shape index (κ2) is 8.07. The Morgan fingerprint density at radius 3 is 2.64 bits per heavy atom. The van der Waals surface area contributed by atoms with Crippen molar-refractivity contribution in [1.29, 1.82) is 0 Å². The lowest BCUT2D eigenvalue weighted by molar-refractivity contribution is -0.697. The number of aromatic nitrogens is 3. The fourth-order valence-electron chi connectivity index (χ4n) is 2.33. The number of aryl methyl sites for hydroxylation is 3. The largest absolute Gasteiger partial charge is 0.748 e. The fourth-order valence-corrected chi connectivity index (χ4v) is 3.81. The summed E-state index contributed by atoms with van der Waals surface area (Å²) < 4.78 is 37.8. The van der Waals surface area contributed by atoms with E-state index in [1.165, 1.54) is 10.6 Å². The predicted molar refractivity (Wildman–Crippen MR) is 95.3 cm³/mol. The molecule has 138 valence electrons. The van der Waals surface area contributed by atoms with E-state index in [2.05, 4.69) is 17.1 Å². The quantitative estimate of drug-likeness (QED) is 0.229. The molecule has 0 aliphatic heterocycles. The van der Waals surface area contributed by atoms with Crippen LogP contribution in [0.1, 0.15) is 29.2 Å². The highest BCUT2D eigenvalue weighted by Gasteiger charge is 2.12. The van der Waals surface area contributed by atoms with Crippen molar-refractivity contribution in [2.45, 2.75) is 33.2 Å². The molecule has 0 spiro atoms. The van der Waals surface area contributed by atoms with Crippen LogP contribution in [-0.4, -0.2) is 34.1 Å². The number of nitrogens with zero attached hydrogens (tertiary/aromatic N) is 5. The molecule has 2 heterocycles. The van der Waals surface area contributed by atoms with Gasteiger partial charge >= 0.3 is 5.82 Å². The van der Waals surface area contributed by atoms with Crippen LogP contribution in [-0.2, 0) is 30.8 Å². The van der Waals surface area contributed by atoms with Gasteiger partial charge in [0.2, 0.25) is 4.80 Å². The Hall–Kier alpha value is -1.78. The molecule has 25 heavy (non-hydrogen) atoms. The summed E-state index contributed by atoms with van der Waals surface area (Å²) in [7, 11) is -0.280. The molecule has 0 aliphatic carbocycles. The summed E-state index contributed by atoms with van der Waals surface area (Å²) in [5.74, 6) is 0.522. The third kappa shape index (κ3) is 5.35. The summed E-state index contributed by atoms with van der Waals surface area (Å²) in [6, 6.07) is 0. The van der Waals surface area contributed by atoms with Gasteiger partial charge in [-0.1, -0.05) is 0 Å². The Morgan fingerprint density at radius 2 is 2.04 bits per heavy atom. The molecule has 0 aliphatic rings. The number of rotatable bonds is 7. The van der Waals surface area contributed by atoms with Gasteiger partial charge < -0.3 is 9.12 Å². The Labute approximate surface area is 151 Å². The molecule has 0 fully saturated rings. The van der Waals surface area contributed by atoms with E-state index in [0.717, 1.165) is 10.6 Å². The van der Waals surface area contributed by atoms with Crippen molar-refractivity contribution in [1.82, 2.24) is 9.13 Å². The van der Waals surface area contributed by atoms with Crippen molar-refractivity contribution in [3.8, 4) is 0 Å². The number of imidazole rings is 1. The Bertz CT molecular complexity index is 935. The van der Waals surface area contributed by atoms with E-state index in [-0.39, 0.29) is 5.75 Å². The van der Waals surface area contributed by atoms with Gasteiger partial charge in [0, 0.05) is 23.4 Å². The van der Waals surface area contributed by atoms with Crippen molar-refractivity contribution in [3.05, 3.63) is 33.6 Å². The highest BCUT2D eigenvalue weighted by atomic mass is 32.2. The maximum atomic E-state index is 10.6. The number of thiazole rings is 1. The third-order valence-electron chi connectivity index (χ3n) is 4.03. The first-order valence-electron chi connectivity index (χ1n) is 7.87. The zero-order valence-electron chi connectivity index (χ0n) is 14.8. The van der Waals surface area contributed by atoms with Crippen molar-refractivity contribution < 1.29 is 17.5 Å². The second-order valence-corrected chi connectivity index (χ2v) is 8.56. The average molecular weight is 386 g/mol. The summed E-state index contributed by atoms with van der Waals surface area (Å²) >= 11 is 1.59. The van der Waals surface area contributed by atoms with Crippen molar-refractivity contribution >= 4 is 27.7 Å². The third-order valence-corrected chi connectivity index (χ3v) is 5.96. The summed E-state index contributed by atoms with van der Waals surface area (Å²) in [5, 5.41) is 8.47. The van der Waals surface area contributed by atoms with Gasteiger partial charge in [-0.25, -0.2) is 17.6 Å². The highest BCUT2D eigenvalue weighted by molar-refractivity contribution is 7.85. The molecule has 0 N–H and O–H groups in total. The molecule has 2 aromatic rings. The number of hydrogen-bond acceptors (Lipinski definition) is 6. The summed E-state index contributed by atoms with van der Waals surface area (Å²) in [4.78, 5) is 2.03. The molecule has 0 saturated heterocycles. The van der Waals surface area contributed by atoms with Gasteiger partial charge in [-0.3, -0.25) is 0 Å². The van der Waals surface area contributed by atoms with Gasteiger partial charge in [0.15, 0.2) is 0 Å². The Morgan fingerprint density at radius 1 is 1.32 bits per heavy atom. The van der Waals surface area contributed by atoms with Crippen LogP contribution in [0.15, 0.2) is 22.6 Å². The zero-order chi connectivity index (χ0) is 18.6. The number of hydrogen-bond donors (Lipinski definition) is 0. The van der Waals surface area contributed by atoms with E-state index < -0.39 is 10.1 Å². The topological polar surface area (TPSA) is 95.7 Å². The lowest BCUT2D eigenvalue weighted by atomic mass is 10.3. The predicted octanol–water partition coefficient (Wildman–Crippen LogP) is 0.590. The molecule has 2 aromatic heterocycles.